The van der Waals surface area contributed by atoms with E-state index in [1.165, 1.54) is 25.7 Å². The van der Waals surface area contributed by atoms with Crippen molar-refractivity contribution in [2.24, 2.45) is 5.92 Å². The Bertz CT molecular complexity index is 286. The number of ether oxygens (including phenoxy) is 1. The van der Waals surface area contributed by atoms with Gasteiger partial charge in [-0.15, -0.1) is 0 Å². The van der Waals surface area contributed by atoms with Crippen LogP contribution in [0.2, 0.25) is 0 Å². The van der Waals surface area contributed by atoms with Crippen molar-refractivity contribution in [3.8, 4) is 0 Å². The molecule has 0 radical (unpaired) electrons. The van der Waals surface area contributed by atoms with Gasteiger partial charge in [0, 0.05) is 38.3 Å². The molecule has 2 aliphatic carbocycles. The number of morpholine rings is 1. The van der Waals surface area contributed by atoms with E-state index in [1.54, 1.807) is 0 Å². The second-order valence-corrected chi connectivity index (χ2v) is 6.57. The molecular formula is C15H28N2O2. The lowest BCUT2D eigenvalue weighted by atomic mass is 10.1. The first-order valence-electron chi connectivity index (χ1n) is 7.98. The average Bonchev–Trinajstić information content (AvgIpc) is 3.30. The van der Waals surface area contributed by atoms with E-state index in [0.29, 0.717) is 6.04 Å². The Labute approximate surface area is 116 Å². The van der Waals surface area contributed by atoms with E-state index in [4.69, 9.17) is 4.74 Å². The van der Waals surface area contributed by atoms with Crippen molar-refractivity contribution in [2.75, 3.05) is 39.4 Å². The number of hydrogen-bond acceptors (Lipinski definition) is 4. The summed E-state index contributed by atoms with van der Waals surface area (Å²) in [6, 6.07) is 1.43. The van der Waals surface area contributed by atoms with Crippen LogP contribution in [-0.4, -0.2) is 72.5 Å². The van der Waals surface area contributed by atoms with Crippen LogP contribution in [0.25, 0.3) is 0 Å². The van der Waals surface area contributed by atoms with Gasteiger partial charge in [-0.1, -0.05) is 0 Å². The maximum Gasteiger partial charge on any atom is 0.0794 e. The van der Waals surface area contributed by atoms with Crippen molar-refractivity contribution in [3.05, 3.63) is 0 Å². The van der Waals surface area contributed by atoms with Gasteiger partial charge in [0.05, 0.1) is 19.3 Å². The minimum atomic E-state index is -0.208. The van der Waals surface area contributed by atoms with Crippen LogP contribution in [0.5, 0.6) is 0 Å². The van der Waals surface area contributed by atoms with E-state index in [2.05, 4.69) is 16.7 Å². The summed E-state index contributed by atoms with van der Waals surface area (Å²) < 4.78 is 5.35. The van der Waals surface area contributed by atoms with Gasteiger partial charge in [-0.05, 0) is 38.5 Å². The number of rotatable bonds is 7. The smallest absolute Gasteiger partial charge is 0.0794 e. The van der Waals surface area contributed by atoms with Crippen LogP contribution in [0.15, 0.2) is 0 Å². The summed E-state index contributed by atoms with van der Waals surface area (Å²) in [6.07, 6.45) is 5.25. The number of hydrogen-bond donors (Lipinski definition) is 1. The normalized spacial score (nSPS) is 28.6. The summed E-state index contributed by atoms with van der Waals surface area (Å²) in [7, 11) is 0. The number of β-amino-alcohol motifs (C(OH)–C–C–N with tert-alkyl or cyclic N) is 1. The molecule has 2 saturated carbocycles. The Morgan fingerprint density at radius 2 is 1.89 bits per heavy atom. The first-order valence-corrected chi connectivity index (χ1v) is 7.98. The second kappa shape index (κ2) is 6.08. The Hall–Kier alpha value is -0.160. The van der Waals surface area contributed by atoms with Crippen molar-refractivity contribution in [3.63, 3.8) is 0 Å². The molecule has 0 bridgehead atoms. The van der Waals surface area contributed by atoms with E-state index in [1.807, 2.05) is 0 Å². The van der Waals surface area contributed by atoms with E-state index in [0.717, 1.165) is 51.4 Å². The lowest BCUT2D eigenvalue weighted by Crippen LogP contribution is -2.47. The van der Waals surface area contributed by atoms with Gasteiger partial charge in [-0.25, -0.2) is 0 Å². The first kappa shape index (κ1) is 13.8. The highest BCUT2D eigenvalue weighted by Gasteiger charge is 2.39. The molecule has 1 N–H and O–H groups in total. The molecule has 1 saturated heterocycles. The summed E-state index contributed by atoms with van der Waals surface area (Å²) in [5, 5.41) is 10.4. The fourth-order valence-electron chi connectivity index (χ4n) is 3.29. The molecule has 19 heavy (non-hydrogen) atoms. The van der Waals surface area contributed by atoms with Gasteiger partial charge < -0.3 is 9.84 Å². The maximum atomic E-state index is 10.4. The predicted molar refractivity (Wildman–Crippen MR) is 75.2 cm³/mol. The molecule has 0 amide bonds. The second-order valence-electron chi connectivity index (χ2n) is 6.57. The number of aliphatic hydroxyl groups excluding tert-OH is 1. The summed E-state index contributed by atoms with van der Waals surface area (Å²) >= 11 is 0. The summed E-state index contributed by atoms with van der Waals surface area (Å²) in [4.78, 5) is 4.92. The topological polar surface area (TPSA) is 35.9 Å². The third-order valence-electron chi connectivity index (χ3n) is 4.84. The molecule has 4 heteroatoms. The minimum absolute atomic E-state index is 0.208. The van der Waals surface area contributed by atoms with Crippen molar-refractivity contribution in [2.45, 2.75) is 50.8 Å². The highest BCUT2D eigenvalue weighted by Crippen LogP contribution is 2.39. The highest BCUT2D eigenvalue weighted by molar-refractivity contribution is 4.94. The van der Waals surface area contributed by atoms with Gasteiger partial charge in [0.2, 0.25) is 0 Å². The average molecular weight is 268 g/mol. The zero-order chi connectivity index (χ0) is 13.2. The molecule has 4 nitrogen and oxygen atoms in total. The first-order chi connectivity index (χ1) is 9.24. The largest absolute Gasteiger partial charge is 0.390 e. The van der Waals surface area contributed by atoms with Gasteiger partial charge in [0.25, 0.3) is 0 Å². The molecule has 1 heterocycles. The molecule has 3 rings (SSSR count). The third-order valence-corrected chi connectivity index (χ3v) is 4.84. The molecular weight excluding hydrogens is 240 g/mol. The van der Waals surface area contributed by atoms with Gasteiger partial charge in [0.1, 0.15) is 0 Å². The highest BCUT2D eigenvalue weighted by atomic mass is 16.5. The number of nitrogens with zero attached hydrogens (tertiary/aromatic N) is 2. The van der Waals surface area contributed by atoms with Gasteiger partial charge in [-0.3, -0.25) is 9.80 Å². The van der Waals surface area contributed by atoms with Gasteiger partial charge in [-0.2, -0.15) is 0 Å². The lowest BCUT2D eigenvalue weighted by Gasteiger charge is -2.34. The van der Waals surface area contributed by atoms with Crippen LogP contribution >= 0.6 is 0 Å². The Kier molecular flexibility index (Phi) is 4.42. The van der Waals surface area contributed by atoms with Crippen LogP contribution in [-0.2, 0) is 4.74 Å². The Morgan fingerprint density at radius 1 is 1.21 bits per heavy atom. The van der Waals surface area contributed by atoms with Crippen molar-refractivity contribution < 1.29 is 9.84 Å². The zero-order valence-electron chi connectivity index (χ0n) is 12.1. The predicted octanol–water partition coefficient (Wildman–Crippen LogP) is 0.942. The molecule has 2 atom stereocenters. The molecule has 1 aliphatic heterocycles. The molecule has 0 spiro atoms. The third kappa shape index (κ3) is 3.91. The van der Waals surface area contributed by atoms with Gasteiger partial charge in [0.15, 0.2) is 0 Å². The molecule has 3 aliphatic rings. The van der Waals surface area contributed by atoms with Crippen LogP contribution in [0.3, 0.4) is 0 Å². The Balaban J connectivity index is 1.46. The fourth-order valence-corrected chi connectivity index (χ4v) is 3.29. The molecule has 2 unspecified atom stereocenters. The van der Waals surface area contributed by atoms with E-state index < -0.39 is 0 Å². The van der Waals surface area contributed by atoms with E-state index >= 15 is 0 Å². The maximum absolute atomic E-state index is 10.4. The van der Waals surface area contributed by atoms with E-state index in [-0.39, 0.29) is 6.10 Å². The number of aliphatic hydroxyl groups is 1. The van der Waals surface area contributed by atoms with Crippen LogP contribution < -0.4 is 0 Å². The van der Waals surface area contributed by atoms with Crippen LogP contribution in [0, 0.1) is 5.92 Å². The fraction of sp³-hybridized carbons (Fsp3) is 1.00. The van der Waals surface area contributed by atoms with E-state index in [9.17, 15) is 5.11 Å². The minimum Gasteiger partial charge on any atom is -0.390 e. The SMILES string of the molecule is CC(C1CC1)N(CC(O)CN1CCOCC1)C1CC1. The Morgan fingerprint density at radius 3 is 2.47 bits per heavy atom. The molecule has 110 valence electrons. The summed E-state index contributed by atoms with van der Waals surface area (Å²) in [5.74, 6) is 0.899. The zero-order valence-corrected chi connectivity index (χ0v) is 12.1. The molecule has 0 aromatic rings. The monoisotopic (exact) mass is 268 g/mol. The van der Waals surface area contributed by atoms with Crippen LogP contribution in [0.1, 0.15) is 32.6 Å². The molecule has 0 aromatic heterocycles. The quantitative estimate of drug-likeness (QED) is 0.745. The van der Waals surface area contributed by atoms with Crippen LogP contribution in [0.4, 0.5) is 0 Å². The summed E-state index contributed by atoms with van der Waals surface area (Å²) in [5.41, 5.74) is 0. The summed E-state index contributed by atoms with van der Waals surface area (Å²) in [6.45, 7) is 7.60. The van der Waals surface area contributed by atoms with Crippen molar-refractivity contribution in [1.82, 2.24) is 9.80 Å². The van der Waals surface area contributed by atoms with Gasteiger partial charge >= 0.3 is 0 Å². The molecule has 0 aromatic carbocycles. The van der Waals surface area contributed by atoms with Crippen molar-refractivity contribution >= 4 is 0 Å². The standard InChI is InChI=1S/C15H28N2O2/c1-12(13-2-3-13)17(14-4-5-14)11-15(18)10-16-6-8-19-9-7-16/h12-15,18H,2-11H2,1H3. The lowest BCUT2D eigenvalue weighted by molar-refractivity contribution is 0.00157. The van der Waals surface area contributed by atoms with Crippen molar-refractivity contribution in [1.29, 1.82) is 0 Å². The molecule has 3 fully saturated rings.